The molecular weight excluding hydrogens is 322 g/mol. The zero-order valence-corrected chi connectivity index (χ0v) is 15.3. The molecule has 0 unspecified atom stereocenters. The molecule has 1 heterocycles. The molecule has 1 aliphatic rings. The molecule has 4 nitrogen and oxygen atoms in total. The first-order valence-electron chi connectivity index (χ1n) is 8.50. The lowest BCUT2D eigenvalue weighted by molar-refractivity contribution is -0.122. The molecule has 0 bridgehead atoms. The van der Waals surface area contributed by atoms with Crippen LogP contribution in [-0.4, -0.2) is 21.2 Å². The lowest BCUT2D eigenvalue weighted by Crippen LogP contribution is -2.44. The number of halogens is 1. The quantitative estimate of drug-likeness (QED) is 0.905. The molecule has 0 radical (unpaired) electrons. The summed E-state index contributed by atoms with van der Waals surface area (Å²) in [6.07, 6.45) is 4.91. The molecule has 1 saturated carbocycles. The maximum absolute atomic E-state index is 12.5. The van der Waals surface area contributed by atoms with Crippen molar-refractivity contribution in [2.45, 2.75) is 58.4 Å². The van der Waals surface area contributed by atoms with Gasteiger partial charge in [0.1, 0.15) is 0 Å². The summed E-state index contributed by atoms with van der Waals surface area (Å²) in [5.41, 5.74) is 3.82. The van der Waals surface area contributed by atoms with Gasteiger partial charge in [0, 0.05) is 21.8 Å². The van der Waals surface area contributed by atoms with Crippen molar-refractivity contribution in [2.24, 2.45) is 0 Å². The number of nitrogens with zero attached hydrogens (tertiary/aromatic N) is 2. The minimum atomic E-state index is -0.0366. The Morgan fingerprint density at radius 2 is 1.88 bits per heavy atom. The summed E-state index contributed by atoms with van der Waals surface area (Å²) in [7, 11) is 0. The van der Waals surface area contributed by atoms with Gasteiger partial charge in [-0.05, 0) is 57.9 Å². The van der Waals surface area contributed by atoms with Gasteiger partial charge >= 0.3 is 0 Å². The average molecular weight is 346 g/mol. The second-order valence-electron chi connectivity index (χ2n) is 7.03. The van der Waals surface area contributed by atoms with E-state index in [0.717, 1.165) is 35.5 Å². The first-order chi connectivity index (χ1) is 11.4. The molecule has 1 aromatic heterocycles. The van der Waals surface area contributed by atoms with E-state index in [1.807, 2.05) is 42.8 Å². The van der Waals surface area contributed by atoms with Crippen molar-refractivity contribution in [1.82, 2.24) is 15.1 Å². The highest BCUT2D eigenvalue weighted by Crippen LogP contribution is 2.29. The molecule has 1 aromatic carbocycles. The van der Waals surface area contributed by atoms with Crippen molar-refractivity contribution < 1.29 is 4.79 Å². The van der Waals surface area contributed by atoms with Crippen LogP contribution >= 0.6 is 11.6 Å². The van der Waals surface area contributed by atoms with Crippen LogP contribution in [0.4, 0.5) is 0 Å². The smallest absolute Gasteiger partial charge is 0.224 e. The van der Waals surface area contributed by atoms with Gasteiger partial charge in [-0.25, -0.2) is 4.68 Å². The Labute approximate surface area is 148 Å². The van der Waals surface area contributed by atoms with Crippen molar-refractivity contribution in [3.63, 3.8) is 0 Å². The highest BCUT2D eigenvalue weighted by atomic mass is 35.5. The molecule has 0 saturated heterocycles. The summed E-state index contributed by atoms with van der Waals surface area (Å²) in [6.45, 7) is 6.11. The third kappa shape index (κ3) is 3.48. The topological polar surface area (TPSA) is 46.9 Å². The van der Waals surface area contributed by atoms with E-state index in [2.05, 4.69) is 17.3 Å². The van der Waals surface area contributed by atoms with E-state index in [1.165, 1.54) is 12.8 Å². The zero-order chi connectivity index (χ0) is 17.3. The van der Waals surface area contributed by atoms with Gasteiger partial charge in [-0.1, -0.05) is 24.4 Å². The van der Waals surface area contributed by atoms with Crippen LogP contribution in [0.5, 0.6) is 0 Å². The summed E-state index contributed by atoms with van der Waals surface area (Å²) < 4.78 is 1.88. The van der Waals surface area contributed by atoms with E-state index in [9.17, 15) is 4.79 Å². The number of aromatic nitrogens is 2. The lowest BCUT2D eigenvalue weighted by atomic mass is 10.00. The highest BCUT2D eigenvalue weighted by molar-refractivity contribution is 6.30. The van der Waals surface area contributed by atoms with Gasteiger partial charge in [0.25, 0.3) is 0 Å². The normalized spacial score (nSPS) is 16.3. The van der Waals surface area contributed by atoms with Gasteiger partial charge in [-0.3, -0.25) is 4.79 Å². The highest BCUT2D eigenvalue weighted by Gasteiger charge is 2.30. The van der Waals surface area contributed by atoms with Gasteiger partial charge in [0.2, 0.25) is 5.91 Å². The van der Waals surface area contributed by atoms with E-state index in [4.69, 9.17) is 11.6 Å². The van der Waals surface area contributed by atoms with E-state index in [0.29, 0.717) is 11.4 Å². The number of benzene rings is 1. The second kappa shape index (κ2) is 6.60. The van der Waals surface area contributed by atoms with Gasteiger partial charge in [0.05, 0.1) is 17.8 Å². The number of nitrogens with one attached hydrogen (secondary N) is 1. The summed E-state index contributed by atoms with van der Waals surface area (Å²) >= 11 is 5.96. The van der Waals surface area contributed by atoms with Gasteiger partial charge < -0.3 is 5.32 Å². The molecular formula is C19H24ClN3O. The first-order valence-corrected chi connectivity index (χ1v) is 8.88. The number of carbonyl (C=O) groups is 1. The van der Waals surface area contributed by atoms with Crippen molar-refractivity contribution in [3.05, 3.63) is 46.2 Å². The minimum Gasteiger partial charge on any atom is -0.351 e. The van der Waals surface area contributed by atoms with Crippen LogP contribution in [0.15, 0.2) is 24.3 Å². The lowest BCUT2D eigenvalue weighted by Gasteiger charge is -2.25. The Hall–Kier alpha value is -1.81. The van der Waals surface area contributed by atoms with E-state index >= 15 is 0 Å². The first kappa shape index (κ1) is 17.0. The standard InChI is InChI=1S/C19H24ClN3O/c1-13-17(12-18(24)21-19(3)10-4-5-11-19)14(2)23(22-13)16-8-6-15(20)7-9-16/h6-9H,4-5,10-12H2,1-3H3,(H,21,24). The molecule has 1 aliphatic carbocycles. The Kier molecular flexibility index (Phi) is 4.68. The molecule has 0 atom stereocenters. The molecule has 128 valence electrons. The molecule has 24 heavy (non-hydrogen) atoms. The van der Waals surface area contributed by atoms with Gasteiger partial charge in [-0.15, -0.1) is 0 Å². The number of carbonyl (C=O) groups excluding carboxylic acids is 1. The fraction of sp³-hybridized carbons (Fsp3) is 0.474. The van der Waals surface area contributed by atoms with Gasteiger partial charge in [-0.2, -0.15) is 5.10 Å². The van der Waals surface area contributed by atoms with Crippen LogP contribution in [0, 0.1) is 13.8 Å². The van der Waals surface area contributed by atoms with Crippen LogP contribution in [0.1, 0.15) is 49.6 Å². The molecule has 1 N–H and O–H groups in total. The summed E-state index contributed by atoms with van der Waals surface area (Å²) in [5.74, 6) is 0.0845. The summed E-state index contributed by atoms with van der Waals surface area (Å²) in [6, 6.07) is 7.57. The van der Waals surface area contributed by atoms with Crippen molar-refractivity contribution in [3.8, 4) is 5.69 Å². The fourth-order valence-corrected chi connectivity index (χ4v) is 3.71. The largest absolute Gasteiger partial charge is 0.351 e. The summed E-state index contributed by atoms with van der Waals surface area (Å²) in [5, 5.41) is 8.53. The molecule has 1 amide bonds. The molecule has 5 heteroatoms. The van der Waals surface area contributed by atoms with E-state index in [1.54, 1.807) is 0 Å². The number of aryl methyl sites for hydroxylation is 1. The predicted molar refractivity (Wildman–Crippen MR) is 96.8 cm³/mol. The van der Waals surface area contributed by atoms with Crippen LogP contribution in [0.25, 0.3) is 5.69 Å². The minimum absolute atomic E-state index is 0.0366. The molecule has 2 aromatic rings. The average Bonchev–Trinajstić information content (AvgIpc) is 3.07. The van der Waals surface area contributed by atoms with Crippen molar-refractivity contribution >= 4 is 17.5 Å². The Balaban J connectivity index is 1.79. The van der Waals surface area contributed by atoms with Crippen molar-refractivity contribution in [1.29, 1.82) is 0 Å². The second-order valence-corrected chi connectivity index (χ2v) is 7.47. The number of hydrogen-bond acceptors (Lipinski definition) is 2. The Bertz CT molecular complexity index is 743. The van der Waals surface area contributed by atoms with Crippen LogP contribution < -0.4 is 5.32 Å². The van der Waals surface area contributed by atoms with E-state index < -0.39 is 0 Å². The number of hydrogen-bond donors (Lipinski definition) is 1. The molecule has 0 aliphatic heterocycles. The van der Waals surface area contributed by atoms with Crippen molar-refractivity contribution in [2.75, 3.05) is 0 Å². The van der Waals surface area contributed by atoms with Crippen LogP contribution in [0.2, 0.25) is 5.02 Å². The maximum atomic E-state index is 12.5. The SMILES string of the molecule is Cc1nn(-c2ccc(Cl)cc2)c(C)c1CC(=O)NC1(C)CCCC1. The summed E-state index contributed by atoms with van der Waals surface area (Å²) in [4.78, 5) is 12.5. The molecule has 0 spiro atoms. The number of rotatable bonds is 4. The van der Waals surface area contributed by atoms with E-state index in [-0.39, 0.29) is 11.4 Å². The maximum Gasteiger partial charge on any atom is 0.224 e. The predicted octanol–water partition coefficient (Wildman–Crippen LogP) is 4.13. The Morgan fingerprint density at radius 3 is 2.50 bits per heavy atom. The fourth-order valence-electron chi connectivity index (χ4n) is 3.59. The molecule has 3 rings (SSSR count). The zero-order valence-electron chi connectivity index (χ0n) is 14.5. The number of amides is 1. The van der Waals surface area contributed by atoms with Gasteiger partial charge in [0.15, 0.2) is 0 Å². The third-order valence-corrected chi connectivity index (χ3v) is 5.25. The Morgan fingerprint density at radius 1 is 1.25 bits per heavy atom. The van der Waals surface area contributed by atoms with Crippen LogP contribution in [-0.2, 0) is 11.2 Å². The van der Waals surface area contributed by atoms with Crippen LogP contribution in [0.3, 0.4) is 0 Å². The molecule has 1 fully saturated rings. The monoisotopic (exact) mass is 345 g/mol. The third-order valence-electron chi connectivity index (χ3n) is 5.00.